The van der Waals surface area contributed by atoms with Gasteiger partial charge in [0.15, 0.2) is 0 Å². The predicted molar refractivity (Wildman–Crippen MR) is 96.3 cm³/mol. The van der Waals surface area contributed by atoms with Crippen LogP contribution in [0.3, 0.4) is 0 Å². The molecule has 0 fully saturated rings. The average Bonchev–Trinajstić information content (AvgIpc) is 2.49. The van der Waals surface area contributed by atoms with E-state index in [1.165, 1.54) is 5.56 Å². The van der Waals surface area contributed by atoms with Crippen LogP contribution in [-0.4, -0.2) is 52.0 Å². The summed E-state index contributed by atoms with van der Waals surface area (Å²) < 4.78 is 0. The summed E-state index contributed by atoms with van der Waals surface area (Å²) in [5.41, 5.74) is 1.30. The molecule has 5 nitrogen and oxygen atoms in total. The third-order valence-corrected chi connectivity index (χ3v) is 4.01. The van der Waals surface area contributed by atoms with Crippen LogP contribution in [0.1, 0.15) is 52.7 Å². The molecule has 0 unspecified atom stereocenters. The summed E-state index contributed by atoms with van der Waals surface area (Å²) in [6, 6.07) is 5.93. The molecular formula is C19H34O5. The molecule has 1 aromatic carbocycles. The van der Waals surface area contributed by atoms with Gasteiger partial charge in [0, 0.05) is 0 Å². The van der Waals surface area contributed by atoms with Gasteiger partial charge >= 0.3 is 0 Å². The van der Waals surface area contributed by atoms with Crippen molar-refractivity contribution < 1.29 is 25.5 Å². The molecule has 0 saturated carbocycles. The highest BCUT2D eigenvalue weighted by Gasteiger charge is 2.26. The molecule has 0 saturated heterocycles. The van der Waals surface area contributed by atoms with Gasteiger partial charge < -0.3 is 25.5 Å². The van der Waals surface area contributed by atoms with E-state index in [1.54, 1.807) is 6.07 Å². The van der Waals surface area contributed by atoms with Crippen molar-refractivity contribution in [2.45, 2.75) is 52.4 Å². The highest BCUT2D eigenvalue weighted by atomic mass is 16.3. The number of aliphatic hydroxyl groups is 4. The summed E-state index contributed by atoms with van der Waals surface area (Å²) in [7, 11) is 0. The first-order valence-electron chi connectivity index (χ1n) is 8.14. The van der Waals surface area contributed by atoms with Crippen LogP contribution < -0.4 is 0 Å². The van der Waals surface area contributed by atoms with E-state index in [0.29, 0.717) is 5.75 Å². The van der Waals surface area contributed by atoms with Crippen LogP contribution in [0.15, 0.2) is 18.2 Å². The van der Waals surface area contributed by atoms with Crippen molar-refractivity contribution in [2.24, 2.45) is 5.41 Å². The van der Waals surface area contributed by atoms with Crippen molar-refractivity contribution in [3.8, 4) is 5.75 Å². The summed E-state index contributed by atoms with van der Waals surface area (Å²) in [5, 5.41) is 43.8. The van der Waals surface area contributed by atoms with Crippen molar-refractivity contribution in [3.05, 3.63) is 29.3 Å². The van der Waals surface area contributed by atoms with Gasteiger partial charge in [0.1, 0.15) is 5.75 Å². The summed E-state index contributed by atoms with van der Waals surface area (Å²) in [6.45, 7) is 11.3. The van der Waals surface area contributed by atoms with E-state index in [9.17, 15) is 5.11 Å². The molecule has 1 aromatic rings. The minimum Gasteiger partial charge on any atom is -0.508 e. The molecule has 0 radical (unpaired) electrons. The molecule has 0 aliphatic heterocycles. The van der Waals surface area contributed by atoms with Crippen LogP contribution in [0.25, 0.3) is 0 Å². The Bertz CT molecular complexity index is 476. The molecule has 24 heavy (non-hydrogen) atoms. The first kappa shape index (κ1) is 22.9. The fourth-order valence-corrected chi connectivity index (χ4v) is 1.90. The lowest BCUT2D eigenvalue weighted by Gasteiger charge is -2.25. The first-order chi connectivity index (χ1) is 10.9. The summed E-state index contributed by atoms with van der Waals surface area (Å²) in [5.74, 6) is 0.399. The van der Waals surface area contributed by atoms with Gasteiger partial charge in [-0.1, -0.05) is 53.7 Å². The Hall–Kier alpha value is -1.14. The Morgan fingerprint density at radius 3 is 1.38 bits per heavy atom. The molecule has 0 aliphatic carbocycles. The van der Waals surface area contributed by atoms with Crippen LogP contribution >= 0.6 is 0 Å². The molecule has 0 spiro atoms. The van der Waals surface area contributed by atoms with E-state index >= 15 is 0 Å². The Morgan fingerprint density at radius 2 is 1.12 bits per heavy atom. The lowest BCUT2D eigenvalue weighted by Crippen LogP contribution is -2.37. The molecule has 0 aliphatic rings. The molecule has 0 atom stereocenters. The Morgan fingerprint density at radius 1 is 0.708 bits per heavy atom. The molecule has 5 N–H and O–H groups in total. The zero-order valence-electron chi connectivity index (χ0n) is 15.8. The standard InChI is InChI=1S/C14H22O.C5H12O4/c1-13(2,3)10-7-8-12(15)11(9-10)14(4,5)6;6-1-5(2-7,3-8)4-9/h7-9,15H,1-6H3;6-9H,1-4H2. The summed E-state index contributed by atoms with van der Waals surface area (Å²) in [6.07, 6.45) is 0. The number of aromatic hydroxyl groups is 1. The fraction of sp³-hybridized carbons (Fsp3) is 0.684. The lowest BCUT2D eigenvalue weighted by molar-refractivity contribution is -0.0328. The summed E-state index contributed by atoms with van der Waals surface area (Å²) in [4.78, 5) is 0. The van der Waals surface area contributed by atoms with Gasteiger partial charge in [-0.05, 0) is 28.0 Å². The average molecular weight is 342 g/mol. The quantitative estimate of drug-likeness (QED) is 0.575. The van der Waals surface area contributed by atoms with Gasteiger partial charge in [-0.2, -0.15) is 0 Å². The number of benzene rings is 1. The Labute approximate surface area is 145 Å². The second-order valence-electron chi connectivity index (χ2n) is 8.36. The Balaban J connectivity index is 0.000000506. The normalized spacial score (nSPS) is 12.6. The number of phenolic OH excluding ortho intramolecular Hbond substituents is 1. The van der Waals surface area contributed by atoms with Crippen LogP contribution in [0.2, 0.25) is 0 Å². The van der Waals surface area contributed by atoms with E-state index in [0.717, 1.165) is 5.56 Å². The second kappa shape index (κ2) is 8.81. The maximum absolute atomic E-state index is 9.84. The maximum atomic E-state index is 9.84. The van der Waals surface area contributed by atoms with Crippen molar-refractivity contribution >= 4 is 0 Å². The van der Waals surface area contributed by atoms with Crippen LogP contribution in [-0.2, 0) is 10.8 Å². The zero-order chi connectivity index (χ0) is 19.2. The fourth-order valence-electron chi connectivity index (χ4n) is 1.90. The zero-order valence-corrected chi connectivity index (χ0v) is 15.8. The minimum atomic E-state index is -1.11. The van der Waals surface area contributed by atoms with Gasteiger partial charge in [-0.3, -0.25) is 0 Å². The van der Waals surface area contributed by atoms with E-state index < -0.39 is 31.8 Å². The molecule has 140 valence electrons. The molecular weight excluding hydrogens is 308 g/mol. The van der Waals surface area contributed by atoms with Crippen molar-refractivity contribution in [1.29, 1.82) is 0 Å². The number of rotatable bonds is 4. The molecule has 1 rings (SSSR count). The van der Waals surface area contributed by atoms with E-state index in [2.05, 4.69) is 47.6 Å². The van der Waals surface area contributed by atoms with E-state index in [4.69, 9.17) is 20.4 Å². The van der Waals surface area contributed by atoms with Gasteiger partial charge in [0.2, 0.25) is 0 Å². The maximum Gasteiger partial charge on any atom is 0.119 e. The van der Waals surface area contributed by atoms with Gasteiger partial charge in [0.05, 0.1) is 31.8 Å². The molecule has 0 heterocycles. The van der Waals surface area contributed by atoms with Crippen LogP contribution in [0.4, 0.5) is 0 Å². The molecule has 0 amide bonds. The van der Waals surface area contributed by atoms with E-state index in [-0.39, 0.29) is 10.8 Å². The first-order valence-corrected chi connectivity index (χ1v) is 8.14. The van der Waals surface area contributed by atoms with Crippen LogP contribution in [0, 0.1) is 5.41 Å². The molecule has 5 heteroatoms. The largest absolute Gasteiger partial charge is 0.508 e. The monoisotopic (exact) mass is 342 g/mol. The highest BCUT2D eigenvalue weighted by Crippen LogP contribution is 2.34. The second-order valence-corrected chi connectivity index (χ2v) is 8.36. The smallest absolute Gasteiger partial charge is 0.119 e. The number of aliphatic hydroxyl groups excluding tert-OH is 4. The van der Waals surface area contributed by atoms with Gasteiger partial charge in [-0.15, -0.1) is 0 Å². The third-order valence-electron chi connectivity index (χ3n) is 4.01. The van der Waals surface area contributed by atoms with Crippen molar-refractivity contribution in [1.82, 2.24) is 0 Å². The number of phenols is 1. The highest BCUT2D eigenvalue weighted by molar-refractivity contribution is 5.42. The number of hydrogen-bond donors (Lipinski definition) is 5. The van der Waals surface area contributed by atoms with Gasteiger partial charge in [-0.25, -0.2) is 0 Å². The summed E-state index contributed by atoms with van der Waals surface area (Å²) >= 11 is 0. The van der Waals surface area contributed by atoms with Crippen molar-refractivity contribution in [3.63, 3.8) is 0 Å². The predicted octanol–water partition coefficient (Wildman–Crippen LogP) is 1.93. The van der Waals surface area contributed by atoms with Gasteiger partial charge in [0.25, 0.3) is 0 Å². The molecule has 0 aromatic heterocycles. The SMILES string of the molecule is CC(C)(C)c1ccc(O)c(C(C)(C)C)c1.OCC(CO)(CO)CO. The third kappa shape index (κ3) is 6.40. The Kier molecular flexibility index (Phi) is 8.39. The molecule has 0 bridgehead atoms. The topological polar surface area (TPSA) is 101 Å². The van der Waals surface area contributed by atoms with E-state index in [1.807, 2.05) is 6.07 Å². The van der Waals surface area contributed by atoms with Crippen LogP contribution in [0.5, 0.6) is 5.75 Å². The minimum absolute atomic E-state index is 0.00859. The van der Waals surface area contributed by atoms with Crippen molar-refractivity contribution in [2.75, 3.05) is 26.4 Å². The lowest BCUT2D eigenvalue weighted by atomic mass is 9.80. The number of hydrogen-bond acceptors (Lipinski definition) is 5.